The van der Waals surface area contributed by atoms with Gasteiger partial charge in [-0.3, -0.25) is 4.79 Å². The molecule has 0 unspecified atom stereocenters. The van der Waals surface area contributed by atoms with Gasteiger partial charge < -0.3 is 15.9 Å². The number of aliphatic carboxylic acids is 1. The number of carbonyl (C=O) groups is 1. The molecule has 0 amide bonds. The van der Waals surface area contributed by atoms with Crippen LogP contribution in [0.2, 0.25) is 5.02 Å². The summed E-state index contributed by atoms with van der Waals surface area (Å²) in [5, 5.41) is 19.0. The fourth-order valence-electron chi connectivity index (χ4n) is 3.68. The summed E-state index contributed by atoms with van der Waals surface area (Å²) in [7, 11) is 0. The number of benzene rings is 2. The average Bonchev–Trinajstić information content (AvgIpc) is 2.55. The zero-order valence-electron chi connectivity index (χ0n) is 13.5. The number of carboxylic acids is 1. The molecule has 1 fully saturated rings. The Morgan fingerprint density at radius 1 is 1.20 bits per heavy atom. The molecule has 132 valence electrons. The van der Waals surface area contributed by atoms with Crippen LogP contribution in [0.3, 0.4) is 0 Å². The molecule has 2 aromatic carbocycles. The van der Waals surface area contributed by atoms with Gasteiger partial charge in [-0.15, -0.1) is 0 Å². The van der Waals surface area contributed by atoms with Crippen molar-refractivity contribution in [3.8, 4) is 11.1 Å². The second-order valence-electron chi connectivity index (χ2n) is 6.96. The highest BCUT2D eigenvalue weighted by atomic mass is 35.5. The normalized spacial score (nSPS) is 25.4. The number of carboxylic acid groups (broad SMARTS) is 1. The van der Waals surface area contributed by atoms with E-state index in [1.807, 2.05) is 12.1 Å². The molecule has 0 saturated heterocycles. The van der Waals surface area contributed by atoms with Gasteiger partial charge >= 0.3 is 5.97 Å². The van der Waals surface area contributed by atoms with Gasteiger partial charge in [0.1, 0.15) is 5.82 Å². The summed E-state index contributed by atoms with van der Waals surface area (Å²) < 4.78 is 13.9. The smallest absolute Gasteiger partial charge is 0.312 e. The van der Waals surface area contributed by atoms with E-state index < -0.39 is 23.5 Å². The third kappa shape index (κ3) is 3.40. The van der Waals surface area contributed by atoms with Crippen molar-refractivity contribution in [2.45, 2.75) is 24.8 Å². The molecule has 0 aliphatic heterocycles. The van der Waals surface area contributed by atoms with Crippen molar-refractivity contribution < 1.29 is 19.4 Å². The highest BCUT2D eigenvalue weighted by molar-refractivity contribution is 6.30. The Bertz CT molecular complexity index is 801. The van der Waals surface area contributed by atoms with Gasteiger partial charge in [0.2, 0.25) is 0 Å². The standard InChI is InChI=1S/C19H19ClFNO3/c20-14-5-6-16(21)15(7-14)13-3-1-12(2-4-13)8-19(22)9-18(10-19,11-23)17(24)25/h1-7,23H,8-11,22H2,(H,24,25). The maximum absolute atomic E-state index is 13.9. The van der Waals surface area contributed by atoms with E-state index >= 15 is 0 Å². The van der Waals surface area contributed by atoms with Crippen LogP contribution in [0.5, 0.6) is 0 Å². The number of halogens is 2. The Hall–Kier alpha value is -1.95. The quantitative estimate of drug-likeness (QED) is 0.761. The second-order valence-corrected chi connectivity index (χ2v) is 7.39. The molecule has 0 heterocycles. The van der Waals surface area contributed by atoms with Crippen LogP contribution in [0.15, 0.2) is 42.5 Å². The van der Waals surface area contributed by atoms with Crippen LogP contribution >= 0.6 is 11.6 Å². The third-order valence-electron chi connectivity index (χ3n) is 4.89. The summed E-state index contributed by atoms with van der Waals surface area (Å²) in [6, 6.07) is 11.7. The molecular weight excluding hydrogens is 345 g/mol. The molecule has 3 rings (SSSR count). The maximum Gasteiger partial charge on any atom is 0.312 e. The van der Waals surface area contributed by atoms with Crippen LogP contribution in [0.4, 0.5) is 4.39 Å². The van der Waals surface area contributed by atoms with Gasteiger partial charge in [-0.1, -0.05) is 35.9 Å². The Kier molecular flexibility index (Phi) is 4.58. The van der Waals surface area contributed by atoms with Crippen molar-refractivity contribution in [2.24, 2.45) is 11.1 Å². The molecule has 1 aliphatic carbocycles. The number of hydrogen-bond acceptors (Lipinski definition) is 3. The summed E-state index contributed by atoms with van der Waals surface area (Å²) in [6.45, 7) is -0.408. The first-order valence-corrected chi connectivity index (χ1v) is 8.32. The molecule has 0 aromatic heterocycles. The maximum atomic E-state index is 13.9. The first-order chi connectivity index (χ1) is 11.8. The highest BCUT2D eigenvalue weighted by Gasteiger charge is 2.56. The number of aliphatic hydroxyl groups is 1. The van der Waals surface area contributed by atoms with Crippen molar-refractivity contribution in [1.29, 1.82) is 0 Å². The lowest BCUT2D eigenvalue weighted by Gasteiger charge is -2.51. The number of rotatable bonds is 5. The van der Waals surface area contributed by atoms with E-state index in [1.54, 1.807) is 18.2 Å². The SMILES string of the molecule is NC1(Cc2ccc(-c3cc(Cl)ccc3F)cc2)CC(CO)(C(=O)O)C1. The number of nitrogens with two attached hydrogens (primary N) is 1. The zero-order chi connectivity index (χ0) is 18.2. The van der Waals surface area contributed by atoms with Crippen LogP contribution in [0.1, 0.15) is 18.4 Å². The molecule has 0 bridgehead atoms. The minimum Gasteiger partial charge on any atom is -0.481 e. The molecule has 2 aromatic rings. The minimum atomic E-state index is -1.13. The second kappa shape index (κ2) is 6.41. The van der Waals surface area contributed by atoms with Crippen LogP contribution in [0.25, 0.3) is 11.1 Å². The molecular formula is C19H19ClFNO3. The molecule has 6 heteroatoms. The summed E-state index contributed by atoms with van der Waals surface area (Å²) in [6.07, 6.45) is 0.966. The molecule has 0 radical (unpaired) electrons. The lowest BCUT2D eigenvalue weighted by atomic mass is 9.56. The molecule has 1 saturated carbocycles. The summed E-state index contributed by atoms with van der Waals surface area (Å²) in [5.74, 6) is -1.36. The van der Waals surface area contributed by atoms with Crippen LogP contribution in [-0.2, 0) is 11.2 Å². The molecule has 25 heavy (non-hydrogen) atoms. The molecule has 4 nitrogen and oxygen atoms in total. The van der Waals surface area contributed by atoms with Crippen molar-refractivity contribution in [3.05, 3.63) is 58.9 Å². The molecule has 1 aliphatic rings. The van der Waals surface area contributed by atoms with Gasteiger partial charge in [-0.2, -0.15) is 0 Å². The van der Waals surface area contributed by atoms with Gasteiger partial charge in [0.15, 0.2) is 0 Å². The average molecular weight is 364 g/mol. The first-order valence-electron chi connectivity index (χ1n) is 7.94. The van der Waals surface area contributed by atoms with Crippen molar-refractivity contribution in [2.75, 3.05) is 6.61 Å². The Morgan fingerprint density at radius 3 is 2.40 bits per heavy atom. The van der Waals surface area contributed by atoms with Crippen molar-refractivity contribution in [1.82, 2.24) is 0 Å². The molecule has 0 spiro atoms. The lowest BCUT2D eigenvalue weighted by molar-refractivity contribution is -0.164. The van der Waals surface area contributed by atoms with Gasteiger partial charge in [0.25, 0.3) is 0 Å². The fraction of sp³-hybridized carbons (Fsp3) is 0.316. The van der Waals surface area contributed by atoms with Gasteiger partial charge in [0, 0.05) is 16.1 Å². The van der Waals surface area contributed by atoms with Crippen molar-refractivity contribution >= 4 is 17.6 Å². The summed E-state index contributed by atoms with van der Waals surface area (Å²) in [4.78, 5) is 11.3. The zero-order valence-corrected chi connectivity index (χ0v) is 14.3. The van der Waals surface area contributed by atoms with E-state index in [2.05, 4.69) is 0 Å². The fourth-order valence-corrected chi connectivity index (χ4v) is 3.85. The molecule has 4 N–H and O–H groups in total. The largest absolute Gasteiger partial charge is 0.481 e. The third-order valence-corrected chi connectivity index (χ3v) is 5.12. The Balaban J connectivity index is 1.74. The predicted octanol–water partition coefficient (Wildman–Crippen LogP) is 3.24. The van der Waals surface area contributed by atoms with Crippen molar-refractivity contribution in [3.63, 3.8) is 0 Å². The Labute approximate surface area is 150 Å². The lowest BCUT2D eigenvalue weighted by Crippen LogP contribution is -2.63. The monoisotopic (exact) mass is 363 g/mol. The van der Waals surface area contributed by atoms with E-state index in [0.29, 0.717) is 22.6 Å². The Morgan fingerprint density at radius 2 is 1.84 bits per heavy atom. The van der Waals surface area contributed by atoms with Gasteiger partial charge in [-0.05, 0) is 48.6 Å². The number of hydrogen-bond donors (Lipinski definition) is 3. The van der Waals surface area contributed by atoms with E-state index in [0.717, 1.165) is 5.56 Å². The van der Waals surface area contributed by atoms with E-state index in [4.69, 9.17) is 17.3 Å². The van der Waals surface area contributed by atoms with E-state index in [-0.39, 0.29) is 18.7 Å². The first kappa shape index (κ1) is 17.9. The van der Waals surface area contributed by atoms with Crippen LogP contribution in [-0.4, -0.2) is 28.3 Å². The highest BCUT2D eigenvalue weighted by Crippen LogP contribution is 2.48. The predicted molar refractivity (Wildman–Crippen MR) is 93.9 cm³/mol. The van der Waals surface area contributed by atoms with E-state index in [1.165, 1.54) is 12.1 Å². The summed E-state index contributed by atoms with van der Waals surface area (Å²) in [5.41, 5.74) is 6.56. The summed E-state index contributed by atoms with van der Waals surface area (Å²) >= 11 is 5.93. The van der Waals surface area contributed by atoms with Crippen LogP contribution < -0.4 is 5.73 Å². The van der Waals surface area contributed by atoms with E-state index in [9.17, 15) is 19.4 Å². The van der Waals surface area contributed by atoms with Gasteiger partial charge in [0.05, 0.1) is 12.0 Å². The molecule has 0 atom stereocenters. The number of aliphatic hydroxyl groups excluding tert-OH is 1. The minimum absolute atomic E-state index is 0.233. The topological polar surface area (TPSA) is 83.5 Å². The van der Waals surface area contributed by atoms with Crippen LogP contribution in [0, 0.1) is 11.2 Å². The van der Waals surface area contributed by atoms with Gasteiger partial charge in [-0.25, -0.2) is 4.39 Å².